The van der Waals surface area contributed by atoms with E-state index in [0.29, 0.717) is 5.92 Å². The average molecular weight is 270 g/mol. The number of hydrogen-bond acceptors (Lipinski definition) is 2. The van der Waals surface area contributed by atoms with Gasteiger partial charge in [-0.1, -0.05) is 44.5 Å². The molecule has 0 saturated carbocycles. The zero-order valence-corrected chi connectivity index (χ0v) is 13.0. The first-order chi connectivity index (χ1) is 9.55. The van der Waals surface area contributed by atoms with Gasteiger partial charge in [0.05, 0.1) is 6.07 Å². The third-order valence-corrected chi connectivity index (χ3v) is 4.49. The molecule has 1 heterocycles. The van der Waals surface area contributed by atoms with Gasteiger partial charge in [-0.2, -0.15) is 5.26 Å². The zero-order valence-electron chi connectivity index (χ0n) is 13.0. The highest BCUT2D eigenvalue weighted by Gasteiger charge is 2.32. The van der Waals surface area contributed by atoms with Crippen LogP contribution in [0.5, 0.6) is 0 Å². The van der Waals surface area contributed by atoms with Gasteiger partial charge in [-0.3, -0.25) is 4.90 Å². The highest BCUT2D eigenvalue weighted by Crippen LogP contribution is 2.25. The molecule has 108 valence electrons. The SMILES string of the molecule is CC(C)c1ccc(CC(C)(C#N)N2CCCCC2)cc1. The lowest BCUT2D eigenvalue weighted by atomic mass is 9.89. The van der Waals surface area contributed by atoms with Crippen LogP contribution in [0.3, 0.4) is 0 Å². The lowest BCUT2D eigenvalue weighted by molar-refractivity contribution is 0.124. The van der Waals surface area contributed by atoms with Crippen LogP contribution < -0.4 is 0 Å². The molecule has 1 aromatic rings. The van der Waals surface area contributed by atoms with Gasteiger partial charge in [-0.15, -0.1) is 0 Å². The molecular formula is C18H26N2. The molecule has 1 aliphatic rings. The molecule has 0 bridgehead atoms. The van der Waals surface area contributed by atoms with Crippen molar-refractivity contribution in [1.29, 1.82) is 5.26 Å². The lowest BCUT2D eigenvalue weighted by Gasteiger charge is -2.38. The largest absolute Gasteiger partial charge is 0.285 e. The molecule has 0 N–H and O–H groups in total. The molecule has 0 amide bonds. The Hall–Kier alpha value is -1.33. The fourth-order valence-electron chi connectivity index (χ4n) is 3.03. The van der Waals surface area contributed by atoms with Gasteiger partial charge in [0.25, 0.3) is 0 Å². The molecule has 0 aromatic heterocycles. The van der Waals surface area contributed by atoms with E-state index in [4.69, 9.17) is 0 Å². The Labute approximate surface area is 123 Å². The van der Waals surface area contributed by atoms with Crippen LogP contribution >= 0.6 is 0 Å². The second kappa shape index (κ2) is 6.41. The van der Waals surface area contributed by atoms with E-state index in [1.165, 1.54) is 30.4 Å². The van der Waals surface area contributed by atoms with E-state index in [2.05, 4.69) is 56.0 Å². The van der Waals surface area contributed by atoms with Crippen LogP contribution in [0, 0.1) is 11.3 Å². The van der Waals surface area contributed by atoms with Crippen molar-refractivity contribution in [3.8, 4) is 6.07 Å². The minimum Gasteiger partial charge on any atom is -0.285 e. The van der Waals surface area contributed by atoms with Crippen LogP contribution in [0.4, 0.5) is 0 Å². The van der Waals surface area contributed by atoms with Gasteiger partial charge in [0.15, 0.2) is 0 Å². The number of hydrogen-bond donors (Lipinski definition) is 0. The summed E-state index contributed by atoms with van der Waals surface area (Å²) in [5, 5.41) is 9.65. The van der Waals surface area contributed by atoms with E-state index in [1.807, 2.05) is 0 Å². The Morgan fingerprint density at radius 3 is 2.25 bits per heavy atom. The topological polar surface area (TPSA) is 27.0 Å². The maximum absolute atomic E-state index is 9.65. The van der Waals surface area contributed by atoms with E-state index in [1.54, 1.807) is 0 Å². The van der Waals surface area contributed by atoms with Gasteiger partial charge in [-0.05, 0) is 49.9 Å². The van der Waals surface area contributed by atoms with Crippen LogP contribution in [0.2, 0.25) is 0 Å². The lowest BCUT2D eigenvalue weighted by Crippen LogP contribution is -2.49. The zero-order chi connectivity index (χ0) is 14.6. The summed E-state index contributed by atoms with van der Waals surface area (Å²) in [6.07, 6.45) is 4.58. The summed E-state index contributed by atoms with van der Waals surface area (Å²) in [6, 6.07) is 11.3. The van der Waals surface area contributed by atoms with Crippen molar-refractivity contribution >= 4 is 0 Å². The smallest absolute Gasteiger partial charge is 0.110 e. The number of nitriles is 1. The van der Waals surface area contributed by atoms with Crippen molar-refractivity contribution in [2.24, 2.45) is 0 Å². The molecule has 1 saturated heterocycles. The van der Waals surface area contributed by atoms with Crippen LogP contribution in [-0.2, 0) is 6.42 Å². The summed E-state index contributed by atoms with van der Waals surface area (Å²) in [5.74, 6) is 0.563. The van der Waals surface area contributed by atoms with Gasteiger partial charge in [0.2, 0.25) is 0 Å². The number of nitrogens with zero attached hydrogens (tertiary/aromatic N) is 2. The Bertz CT molecular complexity index is 463. The third kappa shape index (κ3) is 3.41. The highest BCUT2D eigenvalue weighted by molar-refractivity contribution is 5.27. The summed E-state index contributed by atoms with van der Waals surface area (Å²) >= 11 is 0. The summed E-state index contributed by atoms with van der Waals surface area (Å²) in [4.78, 5) is 2.37. The van der Waals surface area contributed by atoms with Crippen LogP contribution in [0.1, 0.15) is 57.1 Å². The van der Waals surface area contributed by atoms with Gasteiger partial charge in [-0.25, -0.2) is 0 Å². The first kappa shape index (κ1) is 15.1. The van der Waals surface area contributed by atoms with Crippen molar-refractivity contribution in [1.82, 2.24) is 4.90 Å². The third-order valence-electron chi connectivity index (χ3n) is 4.49. The Morgan fingerprint density at radius 1 is 1.15 bits per heavy atom. The fourth-order valence-corrected chi connectivity index (χ4v) is 3.03. The number of benzene rings is 1. The van der Waals surface area contributed by atoms with Crippen molar-refractivity contribution < 1.29 is 0 Å². The molecule has 20 heavy (non-hydrogen) atoms. The van der Waals surface area contributed by atoms with Crippen molar-refractivity contribution in [3.63, 3.8) is 0 Å². The maximum Gasteiger partial charge on any atom is 0.110 e. The van der Waals surface area contributed by atoms with Crippen molar-refractivity contribution in [2.75, 3.05) is 13.1 Å². The Morgan fingerprint density at radius 2 is 1.75 bits per heavy atom. The maximum atomic E-state index is 9.65. The molecule has 2 heteroatoms. The fraction of sp³-hybridized carbons (Fsp3) is 0.611. The predicted octanol–water partition coefficient (Wildman–Crippen LogP) is 4.12. The van der Waals surface area contributed by atoms with E-state index < -0.39 is 0 Å². The first-order valence-electron chi connectivity index (χ1n) is 7.80. The molecular weight excluding hydrogens is 244 g/mol. The second-order valence-electron chi connectivity index (χ2n) is 6.51. The molecule has 1 aromatic carbocycles. The summed E-state index contributed by atoms with van der Waals surface area (Å²) in [7, 11) is 0. The number of rotatable bonds is 4. The predicted molar refractivity (Wildman–Crippen MR) is 83.7 cm³/mol. The van der Waals surface area contributed by atoms with Crippen LogP contribution in [0.15, 0.2) is 24.3 Å². The minimum absolute atomic E-state index is 0.361. The first-order valence-corrected chi connectivity index (χ1v) is 7.80. The molecule has 1 fully saturated rings. The van der Waals surface area contributed by atoms with E-state index >= 15 is 0 Å². The van der Waals surface area contributed by atoms with Gasteiger partial charge < -0.3 is 0 Å². The number of likely N-dealkylation sites (tertiary alicyclic amines) is 1. The quantitative estimate of drug-likeness (QED) is 0.823. The molecule has 2 nitrogen and oxygen atoms in total. The summed E-state index contributed by atoms with van der Waals surface area (Å²) in [5.41, 5.74) is 2.27. The second-order valence-corrected chi connectivity index (χ2v) is 6.51. The molecule has 0 radical (unpaired) electrons. The van der Waals surface area contributed by atoms with Gasteiger partial charge in [0.1, 0.15) is 5.54 Å². The van der Waals surface area contributed by atoms with Crippen LogP contribution in [-0.4, -0.2) is 23.5 Å². The van der Waals surface area contributed by atoms with E-state index in [-0.39, 0.29) is 5.54 Å². The van der Waals surface area contributed by atoms with Crippen molar-refractivity contribution in [3.05, 3.63) is 35.4 Å². The van der Waals surface area contributed by atoms with Crippen LogP contribution in [0.25, 0.3) is 0 Å². The van der Waals surface area contributed by atoms with E-state index in [0.717, 1.165) is 19.5 Å². The minimum atomic E-state index is -0.361. The summed E-state index contributed by atoms with van der Waals surface area (Å²) in [6.45, 7) is 8.64. The normalized spacial score (nSPS) is 19.6. The Kier molecular flexibility index (Phi) is 4.83. The standard InChI is InChI=1S/C18H26N2/c1-15(2)17-9-7-16(8-10-17)13-18(3,14-19)20-11-5-4-6-12-20/h7-10,15H,4-6,11-13H2,1-3H3. The average Bonchev–Trinajstić information content (AvgIpc) is 2.48. The van der Waals surface area contributed by atoms with Gasteiger partial charge in [0, 0.05) is 6.42 Å². The van der Waals surface area contributed by atoms with Crippen molar-refractivity contribution in [2.45, 2.75) is 57.9 Å². The highest BCUT2D eigenvalue weighted by atomic mass is 15.2. The Balaban J connectivity index is 2.10. The monoisotopic (exact) mass is 270 g/mol. The molecule has 1 unspecified atom stereocenters. The van der Waals surface area contributed by atoms with E-state index in [9.17, 15) is 5.26 Å². The van der Waals surface area contributed by atoms with Gasteiger partial charge >= 0.3 is 0 Å². The molecule has 1 atom stereocenters. The molecule has 2 rings (SSSR count). The molecule has 0 spiro atoms. The number of piperidine rings is 1. The molecule has 1 aliphatic heterocycles. The molecule has 0 aliphatic carbocycles. The summed E-state index contributed by atoms with van der Waals surface area (Å²) < 4.78 is 0.